The minimum atomic E-state index is -0.999. The van der Waals surface area contributed by atoms with Gasteiger partial charge in [-0.25, -0.2) is 4.79 Å². The zero-order valence-corrected chi connectivity index (χ0v) is 10.5. The molecular weight excluding hydrogens is 244 g/mol. The molecule has 0 saturated carbocycles. The lowest BCUT2D eigenvalue weighted by atomic mass is 10.2. The van der Waals surface area contributed by atoms with Gasteiger partial charge < -0.3 is 14.6 Å². The lowest BCUT2D eigenvalue weighted by Crippen LogP contribution is -2.03. The molecule has 0 aliphatic rings. The fourth-order valence-electron chi connectivity index (χ4n) is 1.69. The molecule has 0 aliphatic carbocycles. The van der Waals surface area contributed by atoms with Gasteiger partial charge in [-0.3, -0.25) is 0 Å². The first-order chi connectivity index (χ1) is 9.20. The van der Waals surface area contributed by atoms with Gasteiger partial charge in [-0.1, -0.05) is 24.3 Å². The van der Waals surface area contributed by atoms with E-state index in [1.807, 2.05) is 24.3 Å². The monoisotopic (exact) mass is 258 g/mol. The number of para-hydroxylation sites is 1. The van der Waals surface area contributed by atoms with E-state index in [0.717, 1.165) is 11.3 Å². The van der Waals surface area contributed by atoms with E-state index < -0.39 is 5.97 Å². The SMILES string of the molecule is COc1cccc(COc2ccccc2C(=O)O)c1. The van der Waals surface area contributed by atoms with E-state index in [2.05, 4.69) is 0 Å². The van der Waals surface area contributed by atoms with Gasteiger partial charge in [0.1, 0.15) is 23.7 Å². The Labute approximate surface area is 111 Å². The molecule has 2 aromatic carbocycles. The van der Waals surface area contributed by atoms with Crippen molar-refractivity contribution in [2.24, 2.45) is 0 Å². The lowest BCUT2D eigenvalue weighted by Gasteiger charge is -2.09. The van der Waals surface area contributed by atoms with Gasteiger partial charge in [-0.05, 0) is 29.8 Å². The average Bonchev–Trinajstić information content (AvgIpc) is 2.45. The van der Waals surface area contributed by atoms with Crippen LogP contribution in [0.5, 0.6) is 11.5 Å². The number of carbonyl (C=O) groups is 1. The molecule has 2 rings (SSSR count). The molecule has 0 spiro atoms. The topological polar surface area (TPSA) is 55.8 Å². The average molecular weight is 258 g/mol. The molecule has 0 radical (unpaired) electrons. The third-order valence-corrected chi connectivity index (χ3v) is 2.65. The van der Waals surface area contributed by atoms with Crippen molar-refractivity contribution < 1.29 is 19.4 Å². The van der Waals surface area contributed by atoms with Crippen LogP contribution in [0, 0.1) is 0 Å². The van der Waals surface area contributed by atoms with Crippen LogP contribution in [0.4, 0.5) is 0 Å². The number of benzene rings is 2. The van der Waals surface area contributed by atoms with Crippen molar-refractivity contribution in [3.63, 3.8) is 0 Å². The van der Waals surface area contributed by atoms with E-state index in [-0.39, 0.29) is 5.56 Å². The minimum Gasteiger partial charge on any atom is -0.497 e. The van der Waals surface area contributed by atoms with Crippen LogP contribution < -0.4 is 9.47 Å². The summed E-state index contributed by atoms with van der Waals surface area (Å²) in [4.78, 5) is 11.0. The van der Waals surface area contributed by atoms with E-state index in [0.29, 0.717) is 12.4 Å². The maximum atomic E-state index is 11.0. The number of hydrogen-bond acceptors (Lipinski definition) is 3. The molecule has 0 aromatic heterocycles. The number of methoxy groups -OCH3 is 1. The minimum absolute atomic E-state index is 0.158. The molecule has 0 heterocycles. The molecule has 0 fully saturated rings. The molecule has 4 heteroatoms. The van der Waals surface area contributed by atoms with Crippen molar-refractivity contribution in [2.45, 2.75) is 6.61 Å². The van der Waals surface area contributed by atoms with E-state index in [1.54, 1.807) is 25.3 Å². The predicted molar refractivity (Wildman–Crippen MR) is 70.7 cm³/mol. The maximum Gasteiger partial charge on any atom is 0.339 e. The molecule has 19 heavy (non-hydrogen) atoms. The van der Waals surface area contributed by atoms with E-state index in [4.69, 9.17) is 14.6 Å². The summed E-state index contributed by atoms with van der Waals surface area (Å²) >= 11 is 0. The third kappa shape index (κ3) is 3.25. The van der Waals surface area contributed by atoms with E-state index in [1.165, 1.54) is 6.07 Å². The molecule has 0 unspecified atom stereocenters. The zero-order chi connectivity index (χ0) is 13.7. The molecular formula is C15H14O4. The number of aromatic carboxylic acids is 1. The van der Waals surface area contributed by atoms with Gasteiger partial charge >= 0.3 is 5.97 Å². The Balaban J connectivity index is 2.12. The normalized spacial score (nSPS) is 9.95. The summed E-state index contributed by atoms with van der Waals surface area (Å²) in [6, 6.07) is 14.0. The van der Waals surface area contributed by atoms with Crippen LogP contribution in [0.1, 0.15) is 15.9 Å². The smallest absolute Gasteiger partial charge is 0.339 e. The number of hydrogen-bond donors (Lipinski definition) is 1. The number of carboxylic acids is 1. The zero-order valence-electron chi connectivity index (χ0n) is 10.5. The summed E-state index contributed by atoms with van der Waals surface area (Å²) < 4.78 is 10.7. The Bertz CT molecular complexity index is 578. The van der Waals surface area contributed by atoms with E-state index >= 15 is 0 Å². The second-order valence-corrected chi connectivity index (χ2v) is 3.94. The number of carboxylic acid groups (broad SMARTS) is 1. The van der Waals surface area contributed by atoms with Crippen LogP contribution in [0.25, 0.3) is 0 Å². The van der Waals surface area contributed by atoms with Crippen molar-refractivity contribution in [1.82, 2.24) is 0 Å². The molecule has 0 aliphatic heterocycles. The second kappa shape index (κ2) is 5.91. The van der Waals surface area contributed by atoms with Gasteiger partial charge in [-0.15, -0.1) is 0 Å². The maximum absolute atomic E-state index is 11.0. The van der Waals surface area contributed by atoms with E-state index in [9.17, 15) is 4.79 Å². The molecule has 0 saturated heterocycles. The molecule has 0 bridgehead atoms. The highest BCUT2D eigenvalue weighted by Gasteiger charge is 2.10. The standard InChI is InChI=1S/C15H14O4/c1-18-12-6-4-5-11(9-12)10-19-14-8-3-2-7-13(14)15(16)17/h2-9H,10H2,1H3,(H,16,17). The van der Waals surface area contributed by atoms with Crippen LogP contribution in [0.3, 0.4) is 0 Å². The number of rotatable bonds is 5. The highest BCUT2D eigenvalue weighted by molar-refractivity contribution is 5.90. The van der Waals surface area contributed by atoms with Gasteiger partial charge in [-0.2, -0.15) is 0 Å². The Morgan fingerprint density at radius 3 is 2.68 bits per heavy atom. The van der Waals surface area contributed by atoms with Crippen LogP contribution in [-0.2, 0) is 6.61 Å². The second-order valence-electron chi connectivity index (χ2n) is 3.94. The van der Waals surface area contributed by atoms with Gasteiger partial charge in [0, 0.05) is 0 Å². The largest absolute Gasteiger partial charge is 0.497 e. The first-order valence-electron chi connectivity index (χ1n) is 5.79. The van der Waals surface area contributed by atoms with Gasteiger partial charge in [0.25, 0.3) is 0 Å². The highest BCUT2D eigenvalue weighted by atomic mass is 16.5. The van der Waals surface area contributed by atoms with Gasteiger partial charge in [0.15, 0.2) is 0 Å². The Hall–Kier alpha value is -2.49. The number of ether oxygens (including phenoxy) is 2. The van der Waals surface area contributed by atoms with Crippen molar-refractivity contribution >= 4 is 5.97 Å². The summed E-state index contributed by atoms with van der Waals surface area (Å²) in [5.41, 5.74) is 1.07. The molecule has 1 N–H and O–H groups in total. The third-order valence-electron chi connectivity index (χ3n) is 2.65. The molecule has 98 valence electrons. The summed E-state index contributed by atoms with van der Waals surface area (Å²) in [5, 5.41) is 9.05. The first kappa shape index (κ1) is 13.0. The molecule has 2 aromatic rings. The molecule has 0 atom stereocenters. The molecule has 0 amide bonds. The summed E-state index contributed by atoms with van der Waals surface area (Å²) in [6.45, 7) is 0.293. The Kier molecular flexibility index (Phi) is 4.03. The Morgan fingerprint density at radius 2 is 1.95 bits per heavy atom. The van der Waals surface area contributed by atoms with Crippen molar-refractivity contribution in [2.75, 3.05) is 7.11 Å². The fraction of sp³-hybridized carbons (Fsp3) is 0.133. The van der Waals surface area contributed by atoms with Gasteiger partial charge in [0.2, 0.25) is 0 Å². The Morgan fingerprint density at radius 1 is 1.16 bits per heavy atom. The quantitative estimate of drug-likeness (QED) is 0.895. The van der Waals surface area contributed by atoms with Crippen molar-refractivity contribution in [1.29, 1.82) is 0 Å². The van der Waals surface area contributed by atoms with Crippen molar-refractivity contribution in [3.05, 3.63) is 59.7 Å². The summed E-state index contributed by atoms with van der Waals surface area (Å²) in [6.07, 6.45) is 0. The highest BCUT2D eigenvalue weighted by Crippen LogP contribution is 2.20. The predicted octanol–water partition coefficient (Wildman–Crippen LogP) is 2.97. The van der Waals surface area contributed by atoms with Crippen LogP contribution >= 0.6 is 0 Å². The summed E-state index contributed by atoms with van der Waals surface area (Å²) in [7, 11) is 1.60. The molecule has 4 nitrogen and oxygen atoms in total. The fourth-order valence-corrected chi connectivity index (χ4v) is 1.69. The summed E-state index contributed by atoms with van der Waals surface area (Å²) in [5.74, 6) is 0.103. The van der Waals surface area contributed by atoms with Crippen LogP contribution in [-0.4, -0.2) is 18.2 Å². The lowest BCUT2D eigenvalue weighted by molar-refractivity contribution is 0.0691. The first-order valence-corrected chi connectivity index (χ1v) is 5.79. The van der Waals surface area contributed by atoms with Crippen LogP contribution in [0.15, 0.2) is 48.5 Å². The van der Waals surface area contributed by atoms with Crippen LogP contribution in [0.2, 0.25) is 0 Å². The van der Waals surface area contributed by atoms with Crippen molar-refractivity contribution in [3.8, 4) is 11.5 Å². The van der Waals surface area contributed by atoms with Gasteiger partial charge in [0.05, 0.1) is 7.11 Å².